The van der Waals surface area contributed by atoms with Gasteiger partial charge in [0.15, 0.2) is 28.8 Å². The monoisotopic (exact) mass is 608 g/mol. The van der Waals surface area contributed by atoms with E-state index in [0.29, 0.717) is 23.0 Å². The Hall–Kier alpha value is -4.27. The fraction of sp³-hybridized carbons (Fsp3) is 0.378. The van der Waals surface area contributed by atoms with Crippen LogP contribution < -0.4 is 18.9 Å². The number of phenols is 1. The molecule has 8 nitrogen and oxygen atoms in total. The quantitative estimate of drug-likeness (QED) is 0.379. The van der Waals surface area contributed by atoms with Crippen molar-refractivity contribution < 1.29 is 28.8 Å². The number of hydrogen-bond donors (Lipinski definition) is 1. The van der Waals surface area contributed by atoms with Crippen LogP contribution in [0.25, 0.3) is 0 Å². The van der Waals surface area contributed by atoms with Gasteiger partial charge in [-0.15, -0.1) is 0 Å². The van der Waals surface area contributed by atoms with Gasteiger partial charge in [0.1, 0.15) is 5.75 Å². The van der Waals surface area contributed by atoms with Crippen LogP contribution in [0.3, 0.4) is 0 Å². The molecule has 8 heteroatoms. The molecule has 1 N–H and O–H groups in total. The predicted octanol–water partition coefficient (Wildman–Crippen LogP) is 5.46. The van der Waals surface area contributed by atoms with Crippen LogP contribution in [-0.2, 0) is 29.5 Å². The molecule has 0 amide bonds. The normalized spacial score (nSPS) is 23.8. The Morgan fingerprint density at radius 3 is 2.38 bits per heavy atom. The molecule has 4 aliphatic rings. The number of nitrogens with zero attached hydrogens (tertiary/aromatic N) is 2. The average Bonchev–Trinajstić information content (AvgIpc) is 3.38. The van der Waals surface area contributed by atoms with Crippen LogP contribution >= 0.6 is 0 Å². The van der Waals surface area contributed by atoms with Crippen LogP contribution in [0.2, 0.25) is 0 Å². The van der Waals surface area contributed by atoms with E-state index in [-0.39, 0.29) is 23.6 Å². The zero-order valence-corrected chi connectivity index (χ0v) is 26.6. The second kappa shape index (κ2) is 11.3. The Balaban J connectivity index is 1.17. The second-order valence-corrected chi connectivity index (χ2v) is 12.7. The molecule has 3 aromatic rings. The summed E-state index contributed by atoms with van der Waals surface area (Å²) in [7, 11) is 9.23. The van der Waals surface area contributed by atoms with Crippen molar-refractivity contribution >= 4 is 5.78 Å². The van der Waals surface area contributed by atoms with Crippen molar-refractivity contribution in [3.05, 3.63) is 99.8 Å². The summed E-state index contributed by atoms with van der Waals surface area (Å²) in [6.45, 7) is 1.87. The smallest absolute Gasteiger partial charge is 0.220 e. The van der Waals surface area contributed by atoms with Gasteiger partial charge in [0.05, 0.1) is 21.3 Å². The zero-order chi connectivity index (χ0) is 31.5. The second-order valence-electron chi connectivity index (χ2n) is 12.7. The highest BCUT2D eigenvalue weighted by molar-refractivity contribution is 6.04. The van der Waals surface area contributed by atoms with Gasteiger partial charge >= 0.3 is 0 Å². The van der Waals surface area contributed by atoms with Gasteiger partial charge in [-0.2, -0.15) is 0 Å². The lowest BCUT2D eigenvalue weighted by Crippen LogP contribution is -2.33. The largest absolute Gasteiger partial charge is 0.504 e. The molecule has 2 aliphatic carbocycles. The molecule has 0 saturated heterocycles. The Kier molecular flexibility index (Phi) is 7.37. The molecule has 234 valence electrons. The molecule has 0 bridgehead atoms. The summed E-state index contributed by atoms with van der Waals surface area (Å²) < 4.78 is 23.5. The first-order valence-corrected chi connectivity index (χ1v) is 15.6. The molecule has 3 aromatic carbocycles. The number of fused-ring (bicyclic) bond motifs is 2. The molecule has 0 radical (unpaired) electrons. The van der Waals surface area contributed by atoms with Gasteiger partial charge in [-0.1, -0.05) is 18.2 Å². The molecule has 0 fully saturated rings. The molecule has 3 atom stereocenters. The molecule has 45 heavy (non-hydrogen) atoms. The van der Waals surface area contributed by atoms with E-state index in [1.165, 1.54) is 16.7 Å². The maximum atomic E-state index is 13.2. The number of ether oxygens (including phenoxy) is 4. The highest BCUT2D eigenvalue weighted by atomic mass is 16.5. The van der Waals surface area contributed by atoms with Gasteiger partial charge in [-0.3, -0.25) is 14.6 Å². The van der Waals surface area contributed by atoms with E-state index in [1.54, 1.807) is 27.4 Å². The summed E-state index contributed by atoms with van der Waals surface area (Å²) in [5, 5.41) is 10.3. The summed E-state index contributed by atoms with van der Waals surface area (Å²) in [5.41, 5.74) is 6.55. The van der Waals surface area contributed by atoms with Crippen LogP contribution in [0, 0.1) is 0 Å². The standard InChI is InChI=1S/C37H40N2O6/c1-38-14-11-23-17-30(41)31(42-3)19-26(23)27(38)16-22-6-8-25(9-7-22)45-33-21-37(13-10-29(33)40)20-28-34-24(12-15-39(28)2)18-32(43-4)36(44-5)35(34)37/h6-10,13,17-19,21,27-28,41H,11-12,14-16,20H2,1-5H3. The lowest BCUT2D eigenvalue weighted by Gasteiger charge is -2.35. The van der Waals surface area contributed by atoms with Gasteiger partial charge < -0.3 is 24.1 Å². The number of aromatic hydroxyl groups is 1. The fourth-order valence-corrected chi connectivity index (χ4v) is 7.80. The van der Waals surface area contributed by atoms with Gasteiger partial charge in [-0.05, 0) is 110 Å². The minimum Gasteiger partial charge on any atom is -0.504 e. The van der Waals surface area contributed by atoms with Crippen LogP contribution in [0.15, 0.2) is 66.5 Å². The number of rotatable bonds is 7. The van der Waals surface area contributed by atoms with Crippen LogP contribution in [0.1, 0.15) is 51.9 Å². The number of ketones is 1. The van der Waals surface area contributed by atoms with Crippen LogP contribution in [0.4, 0.5) is 0 Å². The number of carbonyl (C=O) groups is 1. The first-order valence-electron chi connectivity index (χ1n) is 15.6. The topological polar surface area (TPSA) is 80.7 Å². The number of allylic oxidation sites excluding steroid dienone is 3. The number of likely N-dealkylation sites (N-methyl/N-ethyl adjacent to an activating group) is 2. The van der Waals surface area contributed by atoms with Gasteiger partial charge in [0.25, 0.3) is 0 Å². The summed E-state index contributed by atoms with van der Waals surface area (Å²) >= 11 is 0. The third-order valence-corrected chi connectivity index (χ3v) is 10.2. The molecule has 2 heterocycles. The van der Waals surface area contributed by atoms with E-state index in [1.807, 2.05) is 36.4 Å². The van der Waals surface area contributed by atoms with E-state index < -0.39 is 5.41 Å². The number of methoxy groups -OCH3 is 3. The third-order valence-electron chi connectivity index (χ3n) is 10.2. The van der Waals surface area contributed by atoms with Crippen molar-refractivity contribution in [2.45, 2.75) is 43.2 Å². The van der Waals surface area contributed by atoms with Crippen molar-refractivity contribution in [3.63, 3.8) is 0 Å². The Morgan fingerprint density at radius 1 is 0.911 bits per heavy atom. The molecule has 7 rings (SSSR count). The van der Waals surface area contributed by atoms with Crippen molar-refractivity contribution in [2.24, 2.45) is 0 Å². The Bertz CT molecular complexity index is 1730. The van der Waals surface area contributed by atoms with E-state index in [9.17, 15) is 9.90 Å². The first-order chi connectivity index (χ1) is 21.7. The lowest BCUT2D eigenvalue weighted by molar-refractivity contribution is -0.113. The molecule has 0 saturated carbocycles. The number of hydrogen-bond acceptors (Lipinski definition) is 8. The Morgan fingerprint density at radius 2 is 1.64 bits per heavy atom. The van der Waals surface area contributed by atoms with Crippen LogP contribution in [-0.4, -0.2) is 69.2 Å². The maximum absolute atomic E-state index is 13.2. The zero-order valence-electron chi connectivity index (χ0n) is 26.6. The molecule has 2 aliphatic heterocycles. The summed E-state index contributed by atoms with van der Waals surface area (Å²) in [6, 6.07) is 14.3. The van der Waals surface area contributed by atoms with Crippen molar-refractivity contribution in [1.29, 1.82) is 0 Å². The minimum absolute atomic E-state index is 0.149. The molecule has 3 unspecified atom stereocenters. The first kappa shape index (κ1) is 29.4. The predicted molar refractivity (Wildman–Crippen MR) is 172 cm³/mol. The number of phenolic OH excluding ortho intramolecular Hbond substituents is 1. The van der Waals surface area contributed by atoms with E-state index >= 15 is 0 Å². The fourth-order valence-electron chi connectivity index (χ4n) is 7.80. The third kappa shape index (κ3) is 4.87. The average molecular weight is 609 g/mol. The minimum atomic E-state index is -0.551. The lowest BCUT2D eigenvalue weighted by atomic mass is 9.77. The van der Waals surface area contributed by atoms with Gasteiger partial charge in [0, 0.05) is 36.2 Å². The molecule has 1 spiro atoms. The van der Waals surface area contributed by atoms with Crippen LogP contribution in [0.5, 0.6) is 28.7 Å². The summed E-state index contributed by atoms with van der Waals surface area (Å²) in [5.74, 6) is 2.88. The van der Waals surface area contributed by atoms with Gasteiger partial charge in [0.2, 0.25) is 5.78 Å². The van der Waals surface area contributed by atoms with Crippen molar-refractivity contribution in [3.8, 4) is 28.7 Å². The highest BCUT2D eigenvalue weighted by Crippen LogP contribution is 2.58. The SMILES string of the molecule is COc1cc2c(cc1O)CCN(C)C2Cc1ccc(OC2=CC3(C=CC2=O)CC2c4c(cc(OC)c(OC)c43)CCN2C)cc1. The maximum Gasteiger partial charge on any atom is 0.220 e. The van der Waals surface area contributed by atoms with E-state index in [2.05, 4.69) is 42.1 Å². The highest BCUT2D eigenvalue weighted by Gasteiger charge is 2.49. The van der Waals surface area contributed by atoms with E-state index in [4.69, 9.17) is 18.9 Å². The molecule has 0 aromatic heterocycles. The molecular weight excluding hydrogens is 568 g/mol. The van der Waals surface area contributed by atoms with Crippen molar-refractivity contribution in [2.75, 3.05) is 48.5 Å². The summed E-state index contributed by atoms with van der Waals surface area (Å²) in [6.07, 6.45) is 9.06. The van der Waals surface area contributed by atoms with E-state index in [0.717, 1.165) is 61.2 Å². The van der Waals surface area contributed by atoms with Gasteiger partial charge in [-0.25, -0.2) is 0 Å². The molecular formula is C37H40N2O6. The number of benzene rings is 3. The number of carbonyl (C=O) groups excluding carboxylic acids is 1. The van der Waals surface area contributed by atoms with Crippen molar-refractivity contribution in [1.82, 2.24) is 9.80 Å². The Labute approximate surface area is 264 Å². The summed E-state index contributed by atoms with van der Waals surface area (Å²) in [4.78, 5) is 17.9.